The van der Waals surface area contributed by atoms with E-state index in [-0.39, 0.29) is 0 Å². The van der Waals surface area contributed by atoms with Crippen molar-refractivity contribution in [3.05, 3.63) is 0 Å². The van der Waals surface area contributed by atoms with Gasteiger partial charge in [0.15, 0.2) is 0 Å². The van der Waals surface area contributed by atoms with Crippen molar-refractivity contribution in [1.29, 1.82) is 0 Å². The van der Waals surface area contributed by atoms with E-state index in [1.165, 1.54) is 17.9 Å². The maximum atomic E-state index is 4.43. The van der Waals surface area contributed by atoms with Crippen LogP contribution in [-0.2, 0) is 0 Å². The Hall–Kier alpha value is 0.700. The van der Waals surface area contributed by atoms with E-state index in [2.05, 4.69) is 19.6 Å². The Morgan fingerprint density at radius 1 is 1.71 bits per heavy atom. The summed E-state index contributed by atoms with van der Waals surface area (Å²) in [6.45, 7) is 2.20. The summed E-state index contributed by atoms with van der Waals surface area (Å²) in [5.41, 5.74) is 0. The SMILES string of the molecule is CC1(S)CCSC1. The van der Waals surface area contributed by atoms with E-state index in [1.54, 1.807) is 0 Å². The Bertz CT molecular complexity index is 60.5. The molecule has 1 fully saturated rings. The van der Waals surface area contributed by atoms with Crippen LogP contribution in [0.3, 0.4) is 0 Å². The highest BCUT2D eigenvalue weighted by Crippen LogP contribution is 2.32. The molecule has 0 radical (unpaired) electrons. The van der Waals surface area contributed by atoms with Crippen molar-refractivity contribution >= 4 is 24.4 Å². The first kappa shape index (κ1) is 5.83. The Labute approximate surface area is 54.5 Å². The second-order valence-electron chi connectivity index (χ2n) is 2.30. The standard InChI is InChI=1S/C5H10S2/c1-5(6)2-3-7-4-5/h6H,2-4H2,1H3. The van der Waals surface area contributed by atoms with Gasteiger partial charge in [0, 0.05) is 10.5 Å². The fourth-order valence-electron chi connectivity index (χ4n) is 0.656. The highest BCUT2D eigenvalue weighted by Gasteiger charge is 2.23. The normalized spacial score (nSPS) is 42.0. The molecule has 0 bridgehead atoms. The summed E-state index contributed by atoms with van der Waals surface area (Å²) in [5, 5.41) is 0. The Morgan fingerprint density at radius 2 is 2.43 bits per heavy atom. The monoisotopic (exact) mass is 134 g/mol. The lowest BCUT2D eigenvalue weighted by molar-refractivity contribution is 0.737. The fraction of sp³-hybridized carbons (Fsp3) is 1.00. The Morgan fingerprint density at radius 3 is 2.57 bits per heavy atom. The van der Waals surface area contributed by atoms with Crippen molar-refractivity contribution in [2.75, 3.05) is 11.5 Å². The Kier molecular flexibility index (Phi) is 1.58. The van der Waals surface area contributed by atoms with Gasteiger partial charge in [0.05, 0.1) is 0 Å². The molecule has 1 heterocycles. The summed E-state index contributed by atoms with van der Waals surface area (Å²) in [5.74, 6) is 2.54. The van der Waals surface area contributed by atoms with E-state index in [1.807, 2.05) is 11.8 Å². The molecule has 0 aromatic heterocycles. The minimum atomic E-state index is 0.352. The zero-order chi connectivity index (χ0) is 5.33. The molecule has 0 amide bonds. The van der Waals surface area contributed by atoms with Crippen molar-refractivity contribution in [1.82, 2.24) is 0 Å². The quantitative estimate of drug-likeness (QED) is 0.493. The summed E-state index contributed by atoms with van der Waals surface area (Å²) in [6, 6.07) is 0. The molecule has 42 valence electrons. The summed E-state index contributed by atoms with van der Waals surface area (Å²) < 4.78 is 0.352. The minimum absolute atomic E-state index is 0.352. The molecular formula is C5H10S2. The highest BCUT2D eigenvalue weighted by atomic mass is 32.2. The average molecular weight is 134 g/mol. The van der Waals surface area contributed by atoms with Gasteiger partial charge in [0.1, 0.15) is 0 Å². The van der Waals surface area contributed by atoms with Crippen LogP contribution in [0.4, 0.5) is 0 Å². The summed E-state index contributed by atoms with van der Waals surface area (Å²) in [7, 11) is 0. The molecule has 0 aromatic carbocycles. The van der Waals surface area contributed by atoms with Crippen molar-refractivity contribution in [3.63, 3.8) is 0 Å². The number of thiol groups is 1. The topological polar surface area (TPSA) is 0 Å². The van der Waals surface area contributed by atoms with Crippen LogP contribution in [0.5, 0.6) is 0 Å². The number of rotatable bonds is 0. The van der Waals surface area contributed by atoms with Gasteiger partial charge < -0.3 is 0 Å². The lowest BCUT2D eigenvalue weighted by Crippen LogP contribution is -2.13. The molecule has 7 heavy (non-hydrogen) atoms. The Balaban J connectivity index is 2.40. The molecule has 1 rings (SSSR count). The van der Waals surface area contributed by atoms with Gasteiger partial charge in [-0.2, -0.15) is 24.4 Å². The van der Waals surface area contributed by atoms with Gasteiger partial charge in [-0.25, -0.2) is 0 Å². The third-order valence-electron chi connectivity index (χ3n) is 1.20. The molecule has 0 nitrogen and oxygen atoms in total. The van der Waals surface area contributed by atoms with Gasteiger partial charge in [0.25, 0.3) is 0 Å². The first-order valence-corrected chi connectivity index (χ1v) is 4.11. The summed E-state index contributed by atoms with van der Waals surface area (Å²) >= 11 is 6.43. The predicted molar refractivity (Wildman–Crippen MR) is 39.3 cm³/mol. The number of hydrogen-bond donors (Lipinski definition) is 1. The van der Waals surface area contributed by atoms with Crippen LogP contribution in [-0.4, -0.2) is 16.3 Å². The third-order valence-corrected chi connectivity index (χ3v) is 3.13. The van der Waals surface area contributed by atoms with Crippen LogP contribution in [0.15, 0.2) is 0 Å². The highest BCUT2D eigenvalue weighted by molar-refractivity contribution is 8.00. The summed E-state index contributed by atoms with van der Waals surface area (Å²) in [6.07, 6.45) is 1.28. The molecule has 1 aliphatic heterocycles. The molecular weight excluding hydrogens is 124 g/mol. The van der Waals surface area contributed by atoms with E-state index >= 15 is 0 Å². The van der Waals surface area contributed by atoms with E-state index in [0.717, 1.165) is 0 Å². The van der Waals surface area contributed by atoms with Crippen molar-refractivity contribution in [2.24, 2.45) is 0 Å². The second-order valence-corrected chi connectivity index (χ2v) is 4.48. The third kappa shape index (κ3) is 1.57. The van der Waals surface area contributed by atoms with E-state index in [9.17, 15) is 0 Å². The fourth-order valence-corrected chi connectivity index (χ4v) is 2.52. The van der Waals surface area contributed by atoms with Gasteiger partial charge in [0.2, 0.25) is 0 Å². The van der Waals surface area contributed by atoms with Gasteiger partial charge in [-0.15, -0.1) is 0 Å². The van der Waals surface area contributed by atoms with Crippen LogP contribution in [0.1, 0.15) is 13.3 Å². The predicted octanol–water partition coefficient (Wildman–Crippen LogP) is 1.81. The first-order chi connectivity index (χ1) is 3.21. The van der Waals surface area contributed by atoms with E-state index in [0.29, 0.717) is 4.75 Å². The molecule has 1 saturated heterocycles. The number of thioether (sulfide) groups is 1. The van der Waals surface area contributed by atoms with Crippen LogP contribution in [0.2, 0.25) is 0 Å². The molecule has 1 aliphatic rings. The van der Waals surface area contributed by atoms with E-state index < -0.39 is 0 Å². The maximum Gasteiger partial charge on any atom is 0.0200 e. The zero-order valence-electron chi connectivity index (χ0n) is 4.48. The van der Waals surface area contributed by atoms with Crippen LogP contribution >= 0.6 is 24.4 Å². The number of hydrogen-bond acceptors (Lipinski definition) is 2. The smallest absolute Gasteiger partial charge is 0.0200 e. The van der Waals surface area contributed by atoms with Crippen molar-refractivity contribution in [3.8, 4) is 0 Å². The van der Waals surface area contributed by atoms with Crippen molar-refractivity contribution < 1.29 is 0 Å². The van der Waals surface area contributed by atoms with Crippen molar-refractivity contribution in [2.45, 2.75) is 18.1 Å². The lowest BCUT2D eigenvalue weighted by atomic mass is 10.1. The minimum Gasteiger partial charge on any atom is -0.172 e. The summed E-state index contributed by atoms with van der Waals surface area (Å²) in [4.78, 5) is 0. The molecule has 1 unspecified atom stereocenters. The molecule has 0 aromatic rings. The molecule has 2 heteroatoms. The molecule has 0 N–H and O–H groups in total. The van der Waals surface area contributed by atoms with Gasteiger partial charge in [-0.3, -0.25) is 0 Å². The largest absolute Gasteiger partial charge is 0.172 e. The zero-order valence-corrected chi connectivity index (χ0v) is 6.19. The lowest BCUT2D eigenvalue weighted by Gasteiger charge is -2.11. The van der Waals surface area contributed by atoms with Crippen LogP contribution in [0.25, 0.3) is 0 Å². The maximum absolute atomic E-state index is 4.43. The molecule has 0 spiro atoms. The average Bonchev–Trinajstić information content (AvgIpc) is 1.84. The van der Waals surface area contributed by atoms with Gasteiger partial charge in [-0.1, -0.05) is 0 Å². The van der Waals surface area contributed by atoms with Crippen LogP contribution < -0.4 is 0 Å². The second kappa shape index (κ2) is 1.90. The van der Waals surface area contributed by atoms with E-state index in [4.69, 9.17) is 0 Å². The molecule has 0 aliphatic carbocycles. The molecule has 1 atom stereocenters. The first-order valence-electron chi connectivity index (χ1n) is 2.51. The van der Waals surface area contributed by atoms with Gasteiger partial charge in [-0.05, 0) is 19.1 Å². The van der Waals surface area contributed by atoms with Gasteiger partial charge >= 0.3 is 0 Å². The van der Waals surface area contributed by atoms with Crippen LogP contribution in [0, 0.1) is 0 Å². The molecule has 0 saturated carbocycles.